The largest absolute Gasteiger partial charge is 0.310 e. The lowest BCUT2D eigenvalue weighted by Gasteiger charge is -2.34. The molecule has 2 heteroatoms. The average Bonchev–Trinajstić information content (AvgIpc) is 2.43. The minimum absolute atomic E-state index is 0.523. The highest BCUT2D eigenvalue weighted by atomic mass is 79.9. The first-order valence-electron chi connectivity index (χ1n) is 8.11. The van der Waals surface area contributed by atoms with Gasteiger partial charge >= 0.3 is 0 Å². The lowest BCUT2D eigenvalue weighted by atomic mass is 9.76. The Morgan fingerprint density at radius 2 is 2.15 bits per heavy atom. The van der Waals surface area contributed by atoms with Gasteiger partial charge in [0.15, 0.2) is 0 Å². The van der Waals surface area contributed by atoms with Crippen LogP contribution in [0.3, 0.4) is 0 Å². The van der Waals surface area contributed by atoms with Crippen LogP contribution in [0.4, 0.5) is 0 Å². The van der Waals surface area contributed by atoms with E-state index in [-0.39, 0.29) is 0 Å². The van der Waals surface area contributed by atoms with E-state index in [0.717, 1.165) is 18.4 Å². The summed E-state index contributed by atoms with van der Waals surface area (Å²) in [6, 6.07) is 7.40. The quantitative estimate of drug-likeness (QED) is 0.734. The number of nitrogens with one attached hydrogen (secondary N) is 1. The third-order valence-corrected chi connectivity index (χ3v) is 5.47. The predicted molar refractivity (Wildman–Crippen MR) is 91.0 cm³/mol. The topological polar surface area (TPSA) is 12.0 Å². The zero-order chi connectivity index (χ0) is 14.5. The van der Waals surface area contributed by atoms with Crippen molar-refractivity contribution in [2.45, 2.75) is 58.9 Å². The summed E-state index contributed by atoms with van der Waals surface area (Å²) in [6.45, 7) is 7.93. The fourth-order valence-corrected chi connectivity index (χ4v) is 3.84. The summed E-state index contributed by atoms with van der Waals surface area (Å²) in [6.07, 6.45) is 6.74. The Bertz CT molecular complexity index is 429. The molecule has 0 heterocycles. The summed E-state index contributed by atoms with van der Waals surface area (Å²) >= 11 is 3.69. The molecule has 3 unspecified atom stereocenters. The molecule has 1 saturated carbocycles. The Balaban J connectivity index is 2.19. The SMILES string of the molecule is CCCNC(c1ccc(C)c(Br)c1)C1CCCC(C)C1. The molecule has 0 aromatic heterocycles. The molecule has 1 aliphatic rings. The lowest BCUT2D eigenvalue weighted by molar-refractivity contribution is 0.223. The van der Waals surface area contributed by atoms with Crippen molar-refractivity contribution in [3.05, 3.63) is 33.8 Å². The van der Waals surface area contributed by atoms with E-state index in [2.05, 4.69) is 60.2 Å². The summed E-state index contributed by atoms with van der Waals surface area (Å²) < 4.78 is 1.24. The number of hydrogen-bond donors (Lipinski definition) is 1. The minimum atomic E-state index is 0.523. The van der Waals surface area contributed by atoms with Gasteiger partial charge in [0.25, 0.3) is 0 Å². The maximum absolute atomic E-state index is 3.80. The highest BCUT2D eigenvalue weighted by Crippen LogP contribution is 2.38. The van der Waals surface area contributed by atoms with Crippen molar-refractivity contribution < 1.29 is 0 Å². The van der Waals surface area contributed by atoms with Crippen molar-refractivity contribution in [2.75, 3.05) is 6.54 Å². The van der Waals surface area contributed by atoms with Crippen LogP contribution in [0.1, 0.15) is 63.1 Å². The fourth-order valence-electron chi connectivity index (χ4n) is 3.44. The molecule has 0 amide bonds. The molecule has 1 aliphatic carbocycles. The van der Waals surface area contributed by atoms with Crippen molar-refractivity contribution >= 4 is 15.9 Å². The molecular formula is C18H28BrN. The Labute approximate surface area is 132 Å². The molecule has 0 aliphatic heterocycles. The van der Waals surface area contributed by atoms with E-state index in [9.17, 15) is 0 Å². The summed E-state index contributed by atoms with van der Waals surface area (Å²) in [7, 11) is 0. The van der Waals surface area contributed by atoms with Gasteiger partial charge in [-0.3, -0.25) is 0 Å². The van der Waals surface area contributed by atoms with E-state index in [4.69, 9.17) is 0 Å². The molecule has 0 saturated heterocycles. The first kappa shape index (κ1) is 16.0. The Hall–Kier alpha value is -0.340. The molecule has 1 nitrogen and oxygen atoms in total. The molecular weight excluding hydrogens is 310 g/mol. The first-order valence-corrected chi connectivity index (χ1v) is 8.90. The van der Waals surface area contributed by atoms with E-state index < -0.39 is 0 Å². The summed E-state index contributed by atoms with van der Waals surface area (Å²) in [5.41, 5.74) is 2.77. The van der Waals surface area contributed by atoms with Crippen molar-refractivity contribution in [1.29, 1.82) is 0 Å². The molecule has 112 valence electrons. The van der Waals surface area contributed by atoms with Crippen LogP contribution in [-0.4, -0.2) is 6.54 Å². The van der Waals surface area contributed by atoms with Crippen molar-refractivity contribution in [1.82, 2.24) is 5.32 Å². The number of rotatable bonds is 5. The van der Waals surface area contributed by atoms with Crippen LogP contribution in [0, 0.1) is 18.8 Å². The van der Waals surface area contributed by atoms with Gasteiger partial charge in [0.2, 0.25) is 0 Å². The van der Waals surface area contributed by atoms with Crippen molar-refractivity contribution in [3.63, 3.8) is 0 Å². The molecule has 2 rings (SSSR count). The molecule has 1 aromatic carbocycles. The molecule has 1 N–H and O–H groups in total. The third kappa shape index (κ3) is 4.08. The number of halogens is 1. The highest BCUT2D eigenvalue weighted by Gasteiger charge is 2.27. The molecule has 3 atom stereocenters. The van der Waals surface area contributed by atoms with E-state index in [1.54, 1.807) is 0 Å². The zero-order valence-corrected chi connectivity index (χ0v) is 14.7. The molecule has 20 heavy (non-hydrogen) atoms. The van der Waals surface area contributed by atoms with E-state index in [0.29, 0.717) is 6.04 Å². The Morgan fingerprint density at radius 3 is 2.80 bits per heavy atom. The van der Waals surface area contributed by atoms with E-state index in [1.807, 2.05) is 0 Å². The number of aryl methyl sites for hydroxylation is 1. The van der Waals surface area contributed by atoms with Crippen molar-refractivity contribution in [2.24, 2.45) is 11.8 Å². The van der Waals surface area contributed by atoms with Gasteiger partial charge in [0.05, 0.1) is 0 Å². The van der Waals surface area contributed by atoms with E-state index in [1.165, 1.54) is 47.7 Å². The number of hydrogen-bond acceptors (Lipinski definition) is 1. The molecule has 0 spiro atoms. The van der Waals surface area contributed by atoms with E-state index >= 15 is 0 Å². The second-order valence-electron chi connectivity index (χ2n) is 6.47. The molecule has 1 fully saturated rings. The van der Waals surface area contributed by atoms with Gasteiger partial charge in [-0.2, -0.15) is 0 Å². The molecule has 0 bridgehead atoms. The van der Waals surface area contributed by atoms with Crippen LogP contribution >= 0.6 is 15.9 Å². The normalized spacial score (nSPS) is 24.6. The van der Waals surface area contributed by atoms with Crippen LogP contribution in [0.15, 0.2) is 22.7 Å². The highest BCUT2D eigenvalue weighted by molar-refractivity contribution is 9.10. The predicted octanol–water partition coefficient (Wildman–Crippen LogP) is 5.62. The van der Waals surface area contributed by atoms with Crippen LogP contribution in [0.2, 0.25) is 0 Å². The smallest absolute Gasteiger partial charge is 0.0349 e. The number of benzene rings is 1. The second kappa shape index (κ2) is 7.61. The van der Waals surface area contributed by atoms with Gasteiger partial charge in [-0.1, -0.05) is 54.8 Å². The monoisotopic (exact) mass is 337 g/mol. The van der Waals surface area contributed by atoms with Gasteiger partial charge < -0.3 is 5.32 Å². The van der Waals surface area contributed by atoms with Crippen LogP contribution < -0.4 is 5.32 Å². The van der Waals surface area contributed by atoms with Gasteiger partial charge in [-0.05, 0) is 61.8 Å². The molecule has 1 aromatic rings. The minimum Gasteiger partial charge on any atom is -0.310 e. The molecule has 0 radical (unpaired) electrons. The first-order chi connectivity index (χ1) is 9.61. The van der Waals surface area contributed by atoms with Gasteiger partial charge in [-0.15, -0.1) is 0 Å². The maximum Gasteiger partial charge on any atom is 0.0349 e. The summed E-state index contributed by atoms with van der Waals surface area (Å²) in [5, 5.41) is 3.80. The lowest BCUT2D eigenvalue weighted by Crippen LogP contribution is -2.31. The van der Waals surface area contributed by atoms with Gasteiger partial charge in [0.1, 0.15) is 0 Å². The Kier molecular flexibility index (Phi) is 6.10. The maximum atomic E-state index is 3.80. The third-order valence-electron chi connectivity index (χ3n) is 4.62. The van der Waals surface area contributed by atoms with Crippen molar-refractivity contribution in [3.8, 4) is 0 Å². The summed E-state index contributed by atoms with van der Waals surface area (Å²) in [4.78, 5) is 0. The average molecular weight is 338 g/mol. The zero-order valence-electron chi connectivity index (χ0n) is 13.1. The second-order valence-corrected chi connectivity index (χ2v) is 7.33. The fraction of sp³-hybridized carbons (Fsp3) is 0.667. The standard InChI is InChI=1S/C18H28BrN/c1-4-10-20-18(15-7-5-6-13(2)11-15)16-9-8-14(3)17(19)12-16/h8-9,12-13,15,18,20H,4-7,10-11H2,1-3H3. The van der Waals surface area contributed by atoms with Crippen LogP contribution in [0.5, 0.6) is 0 Å². The van der Waals surface area contributed by atoms with Gasteiger partial charge in [0, 0.05) is 10.5 Å². The Morgan fingerprint density at radius 1 is 1.35 bits per heavy atom. The van der Waals surface area contributed by atoms with Gasteiger partial charge in [-0.25, -0.2) is 0 Å². The van der Waals surface area contributed by atoms with Crippen LogP contribution in [0.25, 0.3) is 0 Å². The van der Waals surface area contributed by atoms with Crippen LogP contribution in [-0.2, 0) is 0 Å². The summed E-state index contributed by atoms with van der Waals surface area (Å²) in [5.74, 6) is 1.67.